The van der Waals surface area contributed by atoms with Crippen LogP contribution in [0.25, 0.3) is 0 Å². The molecule has 1 saturated heterocycles. The predicted octanol–water partition coefficient (Wildman–Crippen LogP) is 2.93. The fraction of sp³-hybridized carbons (Fsp3) is 0.600. The summed E-state index contributed by atoms with van der Waals surface area (Å²) in [6, 6.07) is 7.11. The first-order valence-corrected chi connectivity index (χ1v) is 8.80. The van der Waals surface area contributed by atoms with Crippen LogP contribution in [-0.4, -0.2) is 32.9 Å². The zero-order chi connectivity index (χ0) is 14.6. The number of nitrogens with zero attached hydrogens (tertiary/aromatic N) is 1. The van der Waals surface area contributed by atoms with Gasteiger partial charge in [-0.15, -0.1) is 0 Å². The minimum Gasteiger partial charge on any atom is -0.387 e. The molecule has 0 amide bonds. The summed E-state index contributed by atoms with van der Waals surface area (Å²) >= 11 is 0. The molecule has 2 rings (SSSR count). The minimum atomic E-state index is -3.39. The number of para-hydroxylation sites is 1. The highest BCUT2D eigenvalue weighted by atomic mass is 32.2. The van der Waals surface area contributed by atoms with Crippen LogP contribution in [0.5, 0.6) is 0 Å². The quantitative estimate of drug-likeness (QED) is 0.929. The Morgan fingerprint density at radius 3 is 2.70 bits per heavy atom. The molecule has 1 heterocycles. The molecule has 1 N–H and O–H groups in total. The van der Waals surface area contributed by atoms with E-state index < -0.39 is 10.0 Å². The molecule has 0 radical (unpaired) electrons. The second-order valence-corrected chi connectivity index (χ2v) is 7.26. The van der Waals surface area contributed by atoms with Crippen LogP contribution in [0.4, 0.5) is 5.69 Å². The molecule has 0 aromatic heterocycles. The van der Waals surface area contributed by atoms with Crippen molar-refractivity contribution in [1.29, 1.82) is 0 Å². The van der Waals surface area contributed by atoms with E-state index >= 15 is 0 Å². The molecule has 1 aliphatic heterocycles. The van der Waals surface area contributed by atoms with Crippen LogP contribution in [0.15, 0.2) is 29.2 Å². The number of anilines is 1. The van der Waals surface area contributed by atoms with E-state index in [1.807, 2.05) is 6.07 Å². The van der Waals surface area contributed by atoms with Crippen LogP contribution < -0.4 is 5.32 Å². The molecule has 5 heteroatoms. The summed E-state index contributed by atoms with van der Waals surface area (Å²) in [4.78, 5) is 0.387. The molecule has 1 aromatic rings. The molecule has 1 atom stereocenters. The van der Waals surface area contributed by atoms with Gasteiger partial charge in [-0.2, -0.15) is 4.31 Å². The lowest BCUT2D eigenvalue weighted by Crippen LogP contribution is -2.32. The molecule has 0 spiro atoms. The van der Waals surface area contributed by atoms with Crippen molar-refractivity contribution < 1.29 is 8.42 Å². The van der Waals surface area contributed by atoms with Crippen LogP contribution in [0, 0.1) is 5.92 Å². The zero-order valence-electron chi connectivity index (χ0n) is 12.3. The molecule has 1 aliphatic rings. The van der Waals surface area contributed by atoms with E-state index in [9.17, 15) is 8.42 Å². The third-order valence-electron chi connectivity index (χ3n) is 4.16. The Labute approximate surface area is 122 Å². The molecule has 0 aliphatic carbocycles. The molecular weight excluding hydrogens is 272 g/mol. The van der Waals surface area contributed by atoms with Crippen molar-refractivity contribution in [3.63, 3.8) is 0 Å². The first kappa shape index (κ1) is 15.3. The van der Waals surface area contributed by atoms with Gasteiger partial charge in [0.25, 0.3) is 0 Å². The smallest absolute Gasteiger partial charge is 0.245 e. The van der Waals surface area contributed by atoms with Gasteiger partial charge >= 0.3 is 0 Å². The number of hydrogen-bond acceptors (Lipinski definition) is 3. The highest BCUT2D eigenvalue weighted by Crippen LogP contribution is 2.28. The summed E-state index contributed by atoms with van der Waals surface area (Å²) in [5.74, 6) is 0.662. The molecule has 0 bridgehead atoms. The van der Waals surface area contributed by atoms with E-state index in [2.05, 4.69) is 12.2 Å². The van der Waals surface area contributed by atoms with Crippen molar-refractivity contribution in [2.75, 3.05) is 25.5 Å². The molecule has 1 fully saturated rings. The fourth-order valence-electron chi connectivity index (χ4n) is 2.82. The number of sulfonamides is 1. The van der Waals surface area contributed by atoms with Crippen molar-refractivity contribution >= 4 is 15.7 Å². The van der Waals surface area contributed by atoms with E-state index in [1.54, 1.807) is 29.6 Å². The van der Waals surface area contributed by atoms with Gasteiger partial charge in [0.15, 0.2) is 0 Å². The first-order chi connectivity index (χ1) is 9.59. The van der Waals surface area contributed by atoms with Gasteiger partial charge in [-0.05, 0) is 37.3 Å². The lowest BCUT2D eigenvalue weighted by molar-refractivity contribution is 0.407. The minimum absolute atomic E-state index is 0.387. The van der Waals surface area contributed by atoms with Gasteiger partial charge in [0, 0.05) is 20.1 Å². The Balaban J connectivity index is 2.26. The van der Waals surface area contributed by atoms with E-state index in [-0.39, 0.29) is 0 Å². The maximum atomic E-state index is 12.8. The zero-order valence-corrected chi connectivity index (χ0v) is 13.1. The molecule has 112 valence electrons. The van der Waals surface area contributed by atoms with Gasteiger partial charge in [-0.3, -0.25) is 0 Å². The summed E-state index contributed by atoms with van der Waals surface area (Å²) < 4.78 is 27.3. The Kier molecular flexibility index (Phi) is 5.05. The Morgan fingerprint density at radius 1 is 1.25 bits per heavy atom. The van der Waals surface area contributed by atoms with Crippen LogP contribution >= 0.6 is 0 Å². The lowest BCUT2D eigenvalue weighted by atomic mass is 9.98. The van der Waals surface area contributed by atoms with E-state index in [4.69, 9.17) is 0 Å². The number of hydrogen-bond donors (Lipinski definition) is 1. The summed E-state index contributed by atoms with van der Waals surface area (Å²) in [5.41, 5.74) is 0.670. The van der Waals surface area contributed by atoms with Crippen molar-refractivity contribution in [1.82, 2.24) is 4.31 Å². The molecular formula is C15H24N2O2S. The van der Waals surface area contributed by atoms with Crippen LogP contribution in [0.1, 0.15) is 32.6 Å². The second kappa shape index (κ2) is 6.59. The van der Waals surface area contributed by atoms with Crippen molar-refractivity contribution in [2.45, 2.75) is 37.5 Å². The van der Waals surface area contributed by atoms with Crippen molar-refractivity contribution in [3.8, 4) is 0 Å². The fourth-order valence-corrected chi connectivity index (χ4v) is 4.52. The largest absolute Gasteiger partial charge is 0.387 e. The van der Waals surface area contributed by atoms with Crippen LogP contribution in [0.3, 0.4) is 0 Å². The molecule has 1 unspecified atom stereocenters. The Bertz CT molecular complexity index is 543. The summed E-state index contributed by atoms with van der Waals surface area (Å²) in [5, 5.41) is 2.97. The van der Waals surface area contributed by atoms with Gasteiger partial charge < -0.3 is 5.32 Å². The predicted molar refractivity (Wildman–Crippen MR) is 82.4 cm³/mol. The van der Waals surface area contributed by atoms with Crippen LogP contribution in [0.2, 0.25) is 0 Å². The number of nitrogens with one attached hydrogen (secondary N) is 1. The van der Waals surface area contributed by atoms with Crippen LogP contribution in [-0.2, 0) is 10.0 Å². The van der Waals surface area contributed by atoms with Gasteiger partial charge in [0.1, 0.15) is 4.90 Å². The molecule has 4 nitrogen and oxygen atoms in total. The van der Waals surface area contributed by atoms with Gasteiger partial charge in [0.2, 0.25) is 10.0 Å². The van der Waals surface area contributed by atoms with Gasteiger partial charge in [-0.25, -0.2) is 8.42 Å². The summed E-state index contributed by atoms with van der Waals surface area (Å²) in [7, 11) is -1.64. The van der Waals surface area contributed by atoms with E-state index in [0.717, 1.165) is 25.7 Å². The molecule has 0 saturated carbocycles. The van der Waals surface area contributed by atoms with E-state index in [1.165, 1.54) is 0 Å². The average molecular weight is 296 g/mol. The molecule has 20 heavy (non-hydrogen) atoms. The number of benzene rings is 1. The van der Waals surface area contributed by atoms with Crippen molar-refractivity contribution in [2.24, 2.45) is 5.92 Å². The molecule has 1 aromatic carbocycles. The number of rotatable bonds is 4. The van der Waals surface area contributed by atoms with Crippen molar-refractivity contribution in [3.05, 3.63) is 24.3 Å². The highest BCUT2D eigenvalue weighted by molar-refractivity contribution is 7.89. The Hall–Kier alpha value is -1.07. The maximum Gasteiger partial charge on any atom is 0.245 e. The average Bonchev–Trinajstić information content (AvgIpc) is 2.73. The van der Waals surface area contributed by atoms with E-state index in [0.29, 0.717) is 29.6 Å². The monoisotopic (exact) mass is 296 g/mol. The van der Waals surface area contributed by atoms with Gasteiger partial charge in [-0.1, -0.05) is 25.5 Å². The maximum absolute atomic E-state index is 12.8. The summed E-state index contributed by atoms with van der Waals surface area (Å²) in [6.45, 7) is 3.46. The third-order valence-corrected chi connectivity index (χ3v) is 6.12. The third kappa shape index (κ3) is 3.15. The Morgan fingerprint density at radius 2 is 2.00 bits per heavy atom. The standard InChI is InChI=1S/C15H24N2O2S/c1-3-13-7-6-11-17(12-10-13)20(18,19)15-9-5-4-8-14(15)16-2/h4-5,8-9,13,16H,3,6-7,10-12H2,1-2H3. The van der Waals surface area contributed by atoms with Gasteiger partial charge in [0.05, 0.1) is 5.69 Å². The summed E-state index contributed by atoms with van der Waals surface area (Å²) in [6.07, 6.45) is 4.20. The normalized spacial score (nSPS) is 21.4. The lowest BCUT2D eigenvalue weighted by Gasteiger charge is -2.21. The SMILES string of the molecule is CCC1CCCN(S(=O)(=O)c2ccccc2NC)CC1. The first-order valence-electron chi connectivity index (χ1n) is 7.36. The topological polar surface area (TPSA) is 49.4 Å². The highest BCUT2D eigenvalue weighted by Gasteiger charge is 2.28. The second-order valence-electron chi connectivity index (χ2n) is 5.36.